The van der Waals surface area contributed by atoms with Crippen LogP contribution in [-0.2, 0) is 9.53 Å². The van der Waals surface area contributed by atoms with Gasteiger partial charge >= 0.3 is 5.97 Å². The molecule has 0 amide bonds. The molecule has 2 unspecified atom stereocenters. The Labute approximate surface area is 160 Å². The molecule has 148 valence electrons. The molecule has 2 aliphatic carbocycles. The van der Waals surface area contributed by atoms with E-state index < -0.39 is 35.6 Å². The van der Waals surface area contributed by atoms with Crippen molar-refractivity contribution in [2.75, 3.05) is 6.61 Å². The Kier molecular flexibility index (Phi) is 4.47. The third-order valence-electron chi connectivity index (χ3n) is 5.52. The van der Waals surface area contributed by atoms with Crippen molar-refractivity contribution in [3.8, 4) is 0 Å². The van der Waals surface area contributed by atoms with E-state index in [1.54, 1.807) is 55.5 Å². The maximum atomic E-state index is 13.3. The molecular formula is C22H20F4O2. The van der Waals surface area contributed by atoms with Gasteiger partial charge in [0.2, 0.25) is 0 Å². The monoisotopic (exact) mass is 392 g/mol. The zero-order valence-corrected chi connectivity index (χ0v) is 15.3. The summed E-state index contributed by atoms with van der Waals surface area (Å²) in [4.78, 5) is 12.6. The first-order valence-corrected chi connectivity index (χ1v) is 9.35. The number of ether oxygens (including phenoxy) is 1. The average molecular weight is 392 g/mol. The van der Waals surface area contributed by atoms with Crippen LogP contribution in [0.4, 0.5) is 17.6 Å². The molecule has 2 aromatic carbocycles. The molecule has 2 atom stereocenters. The fourth-order valence-electron chi connectivity index (χ4n) is 3.68. The van der Waals surface area contributed by atoms with Gasteiger partial charge < -0.3 is 4.74 Å². The number of benzene rings is 2. The van der Waals surface area contributed by atoms with E-state index in [1.807, 2.05) is 0 Å². The number of hydrogen-bond donors (Lipinski definition) is 0. The van der Waals surface area contributed by atoms with Crippen molar-refractivity contribution in [2.24, 2.45) is 0 Å². The first-order chi connectivity index (χ1) is 13.2. The van der Waals surface area contributed by atoms with Crippen LogP contribution in [0.3, 0.4) is 0 Å². The minimum absolute atomic E-state index is 0.152. The normalized spacial score (nSPS) is 25.0. The van der Waals surface area contributed by atoms with Crippen LogP contribution in [0.25, 0.3) is 0 Å². The van der Waals surface area contributed by atoms with Crippen LogP contribution in [0.5, 0.6) is 0 Å². The number of rotatable bonds is 6. The molecule has 0 aliphatic heterocycles. The number of carbonyl (C=O) groups is 1. The average Bonchev–Trinajstić information content (AvgIpc) is 3.50. The smallest absolute Gasteiger partial charge is 0.317 e. The van der Waals surface area contributed by atoms with Crippen molar-refractivity contribution in [1.29, 1.82) is 0 Å². The predicted molar refractivity (Wildman–Crippen MR) is 96.0 cm³/mol. The van der Waals surface area contributed by atoms with Crippen molar-refractivity contribution < 1.29 is 27.1 Å². The molecule has 0 N–H and O–H groups in total. The summed E-state index contributed by atoms with van der Waals surface area (Å²) < 4.78 is 58.3. The maximum Gasteiger partial charge on any atom is 0.317 e. The summed E-state index contributed by atoms with van der Waals surface area (Å²) in [6.07, 6.45) is -0.304. The van der Waals surface area contributed by atoms with Gasteiger partial charge in [-0.1, -0.05) is 48.5 Å². The standard InChI is InChI=1S/C22H20F4O2/c1-2-28-20(27)19(15-7-3-13(4-8-15)17-11-21(17,23)24)16-9-5-14(6-10-16)18-12-22(18,25)26/h3-10,17-19H,2,11-12H2,1H3. The van der Waals surface area contributed by atoms with Crippen molar-refractivity contribution in [2.45, 2.75) is 49.4 Å². The molecule has 6 heteroatoms. The minimum Gasteiger partial charge on any atom is -0.465 e. The molecule has 2 fully saturated rings. The number of hydrogen-bond acceptors (Lipinski definition) is 2. The van der Waals surface area contributed by atoms with Crippen LogP contribution in [0.2, 0.25) is 0 Å². The van der Waals surface area contributed by atoms with Crippen LogP contribution >= 0.6 is 0 Å². The highest BCUT2D eigenvalue weighted by Gasteiger charge is 2.58. The Balaban J connectivity index is 1.59. The molecule has 2 nitrogen and oxygen atoms in total. The first kappa shape index (κ1) is 19.0. The van der Waals surface area contributed by atoms with Gasteiger partial charge in [0.05, 0.1) is 18.4 Å². The lowest BCUT2D eigenvalue weighted by atomic mass is 9.89. The molecule has 0 bridgehead atoms. The molecule has 0 heterocycles. The van der Waals surface area contributed by atoms with E-state index in [4.69, 9.17) is 4.74 Å². The fraction of sp³-hybridized carbons (Fsp3) is 0.409. The Morgan fingerprint density at radius 2 is 1.25 bits per heavy atom. The van der Waals surface area contributed by atoms with Crippen LogP contribution in [0, 0.1) is 0 Å². The number of halogens is 4. The van der Waals surface area contributed by atoms with Crippen molar-refractivity contribution in [3.63, 3.8) is 0 Å². The van der Waals surface area contributed by atoms with Gasteiger partial charge in [0, 0.05) is 12.8 Å². The maximum absolute atomic E-state index is 13.3. The summed E-state index contributed by atoms with van der Waals surface area (Å²) in [5, 5.41) is 0. The van der Waals surface area contributed by atoms with Crippen LogP contribution in [-0.4, -0.2) is 24.4 Å². The molecule has 0 aromatic heterocycles. The lowest BCUT2D eigenvalue weighted by molar-refractivity contribution is -0.143. The van der Waals surface area contributed by atoms with Gasteiger partial charge in [-0.15, -0.1) is 0 Å². The van der Waals surface area contributed by atoms with E-state index in [-0.39, 0.29) is 19.4 Å². The van der Waals surface area contributed by atoms with Gasteiger partial charge in [-0.25, -0.2) is 17.6 Å². The van der Waals surface area contributed by atoms with Crippen LogP contribution < -0.4 is 0 Å². The van der Waals surface area contributed by atoms with E-state index in [0.717, 1.165) is 0 Å². The summed E-state index contributed by atoms with van der Waals surface area (Å²) >= 11 is 0. The second-order valence-corrected chi connectivity index (χ2v) is 7.55. The van der Waals surface area contributed by atoms with Gasteiger partial charge in [-0.2, -0.15) is 0 Å². The molecule has 4 rings (SSSR count). The Morgan fingerprint density at radius 3 is 1.54 bits per heavy atom. The van der Waals surface area contributed by atoms with Crippen LogP contribution in [0.1, 0.15) is 59.8 Å². The van der Waals surface area contributed by atoms with E-state index >= 15 is 0 Å². The molecule has 2 aliphatic rings. The highest BCUT2D eigenvalue weighted by molar-refractivity contribution is 5.82. The number of esters is 1. The van der Waals surface area contributed by atoms with E-state index in [1.165, 1.54) is 0 Å². The summed E-state index contributed by atoms with van der Waals surface area (Å²) in [6, 6.07) is 13.1. The number of carbonyl (C=O) groups excluding carboxylic acids is 1. The molecule has 2 aromatic rings. The van der Waals surface area contributed by atoms with Gasteiger partial charge in [-0.3, -0.25) is 4.79 Å². The van der Waals surface area contributed by atoms with Gasteiger partial charge in [0.15, 0.2) is 0 Å². The molecular weight excluding hydrogens is 372 g/mol. The molecule has 2 saturated carbocycles. The lowest BCUT2D eigenvalue weighted by Gasteiger charge is -2.17. The Hall–Kier alpha value is -2.37. The summed E-state index contributed by atoms with van der Waals surface area (Å²) in [6.45, 7) is 1.90. The Bertz CT molecular complexity index is 809. The Morgan fingerprint density at radius 1 is 0.893 bits per heavy atom. The zero-order valence-electron chi connectivity index (χ0n) is 15.3. The van der Waals surface area contributed by atoms with E-state index in [9.17, 15) is 22.4 Å². The quantitative estimate of drug-likeness (QED) is 0.471. The van der Waals surface area contributed by atoms with E-state index in [0.29, 0.717) is 22.3 Å². The summed E-state index contributed by atoms with van der Waals surface area (Å²) in [5.74, 6) is -8.02. The van der Waals surface area contributed by atoms with Crippen molar-refractivity contribution >= 4 is 5.97 Å². The van der Waals surface area contributed by atoms with Gasteiger partial charge in [0.25, 0.3) is 11.8 Å². The third-order valence-corrected chi connectivity index (χ3v) is 5.52. The highest BCUT2D eigenvalue weighted by Crippen LogP contribution is 2.56. The van der Waals surface area contributed by atoms with Crippen molar-refractivity contribution in [3.05, 3.63) is 70.8 Å². The second kappa shape index (κ2) is 6.61. The second-order valence-electron chi connectivity index (χ2n) is 7.55. The van der Waals surface area contributed by atoms with Gasteiger partial charge in [-0.05, 0) is 29.2 Å². The molecule has 28 heavy (non-hydrogen) atoms. The minimum atomic E-state index is -2.65. The zero-order chi connectivity index (χ0) is 20.1. The van der Waals surface area contributed by atoms with Crippen molar-refractivity contribution in [1.82, 2.24) is 0 Å². The largest absolute Gasteiger partial charge is 0.465 e. The number of alkyl halides is 4. The summed E-state index contributed by atoms with van der Waals surface area (Å²) in [5.41, 5.74) is 2.33. The first-order valence-electron chi connectivity index (χ1n) is 9.35. The topological polar surface area (TPSA) is 26.3 Å². The van der Waals surface area contributed by atoms with E-state index in [2.05, 4.69) is 0 Å². The fourth-order valence-corrected chi connectivity index (χ4v) is 3.68. The van der Waals surface area contributed by atoms with Crippen LogP contribution in [0.15, 0.2) is 48.5 Å². The SMILES string of the molecule is CCOC(=O)C(c1ccc(C2CC2(F)F)cc1)c1ccc(C2CC2(F)F)cc1. The van der Waals surface area contributed by atoms with Gasteiger partial charge in [0.1, 0.15) is 5.92 Å². The molecule has 0 saturated heterocycles. The molecule has 0 spiro atoms. The lowest BCUT2D eigenvalue weighted by Crippen LogP contribution is -2.17. The highest BCUT2D eigenvalue weighted by atomic mass is 19.3. The third kappa shape index (κ3) is 3.52. The molecule has 0 radical (unpaired) electrons. The summed E-state index contributed by atoms with van der Waals surface area (Å²) in [7, 11) is 0. The predicted octanol–water partition coefficient (Wildman–Crippen LogP) is 5.63.